The first-order valence-corrected chi connectivity index (χ1v) is 15.1. The molecule has 7 aromatic rings. The first kappa shape index (κ1) is 28.9. The summed E-state index contributed by atoms with van der Waals surface area (Å²) in [6.45, 7) is 3.65. The third-order valence-electron chi connectivity index (χ3n) is 7.53. The molecule has 0 aliphatic carbocycles. The molecule has 0 atom stereocenters. The van der Waals surface area contributed by atoms with Crippen molar-refractivity contribution in [3.05, 3.63) is 131 Å². The van der Waals surface area contributed by atoms with Crippen LogP contribution in [0, 0.1) is 19.7 Å². The lowest BCUT2D eigenvalue weighted by molar-refractivity contribution is 0.483. The number of imidazole rings is 1. The monoisotopic (exact) mass is 606 g/mol. The molecule has 7 rings (SSSR count). The number of hydrogen-bond acceptors (Lipinski definition) is 5. The topological polar surface area (TPSA) is 107 Å². The summed E-state index contributed by atoms with van der Waals surface area (Å²) in [5.74, 6) is -0.331. The van der Waals surface area contributed by atoms with E-state index in [2.05, 4.69) is 16.0 Å². The fourth-order valence-electron chi connectivity index (χ4n) is 5.21. The first-order chi connectivity index (χ1) is 21.0. The summed E-state index contributed by atoms with van der Waals surface area (Å²) in [5.41, 5.74) is 7.23. The Morgan fingerprint density at radius 2 is 1.52 bits per heavy atom. The standard InChI is InChI=1S/C27H19FN4O.C7H8O3S/c1-16-11-20(28)8-10-24(16)32-26-21-13-17(19-12-18-5-3-4-6-22(18)29-14-19)7-9-23(21)30-15-25(26)31(2)27(32)33;1-6-2-4-7(5-3-6)11(8,9)10/h3-15H,1-2H3;2-5H,1H3,(H,8,9,10). The highest BCUT2D eigenvalue weighted by molar-refractivity contribution is 7.85. The number of pyridine rings is 2. The van der Waals surface area contributed by atoms with Crippen LogP contribution in [-0.4, -0.2) is 32.1 Å². The summed E-state index contributed by atoms with van der Waals surface area (Å²) in [6, 6.07) is 26.6. The van der Waals surface area contributed by atoms with Gasteiger partial charge in [-0.15, -0.1) is 0 Å². The average Bonchev–Trinajstić information content (AvgIpc) is 3.26. The summed E-state index contributed by atoms with van der Waals surface area (Å²) in [5, 5.41) is 1.91. The molecule has 3 heterocycles. The van der Waals surface area contributed by atoms with E-state index in [1.807, 2.05) is 55.6 Å². The lowest BCUT2D eigenvalue weighted by Gasteiger charge is -2.10. The molecule has 0 aliphatic rings. The molecule has 4 aromatic carbocycles. The Bertz CT molecular complexity index is 2380. The predicted molar refractivity (Wildman–Crippen MR) is 170 cm³/mol. The zero-order chi connectivity index (χ0) is 31.2. The number of halogens is 1. The minimum atomic E-state index is -4.02. The molecular formula is C34H27FN4O4S. The van der Waals surface area contributed by atoms with Crippen molar-refractivity contribution in [3.8, 4) is 16.8 Å². The first-order valence-electron chi connectivity index (χ1n) is 13.7. The minimum absolute atomic E-state index is 0.0666. The van der Waals surface area contributed by atoms with Gasteiger partial charge in [0.25, 0.3) is 10.1 Å². The highest BCUT2D eigenvalue weighted by atomic mass is 32.2. The van der Waals surface area contributed by atoms with Crippen LogP contribution in [0.5, 0.6) is 0 Å². The highest BCUT2D eigenvalue weighted by Gasteiger charge is 2.18. The Labute approximate surface area is 252 Å². The third-order valence-corrected chi connectivity index (χ3v) is 8.39. The van der Waals surface area contributed by atoms with E-state index in [4.69, 9.17) is 4.55 Å². The maximum absolute atomic E-state index is 13.8. The fraction of sp³-hybridized carbons (Fsp3) is 0.0882. The number of rotatable bonds is 3. The number of benzene rings is 4. The molecular weight excluding hydrogens is 579 g/mol. The normalized spacial score (nSPS) is 11.6. The van der Waals surface area contributed by atoms with Crippen LogP contribution in [0.4, 0.5) is 4.39 Å². The van der Waals surface area contributed by atoms with Gasteiger partial charge in [-0.05, 0) is 79.6 Å². The molecule has 44 heavy (non-hydrogen) atoms. The van der Waals surface area contributed by atoms with E-state index in [-0.39, 0.29) is 16.4 Å². The maximum Gasteiger partial charge on any atom is 0.333 e. The molecule has 0 saturated carbocycles. The van der Waals surface area contributed by atoms with Gasteiger partial charge in [0.05, 0.1) is 38.8 Å². The quantitative estimate of drug-likeness (QED) is 0.222. The Hall–Kier alpha value is -5.19. The molecule has 0 unspecified atom stereocenters. The van der Waals surface area contributed by atoms with E-state index in [0.717, 1.165) is 44.0 Å². The van der Waals surface area contributed by atoms with Crippen molar-refractivity contribution < 1.29 is 17.4 Å². The van der Waals surface area contributed by atoms with Crippen LogP contribution in [-0.2, 0) is 17.2 Å². The number of aryl methyl sites for hydroxylation is 3. The van der Waals surface area contributed by atoms with Crippen LogP contribution in [0.3, 0.4) is 0 Å². The molecule has 0 spiro atoms. The number of hydrogen-bond donors (Lipinski definition) is 1. The SMILES string of the molecule is Cc1cc(F)ccc1-n1c(=O)n(C)c2cnc3ccc(-c4cnc5ccccc5c4)cc3c21.Cc1ccc(S(=O)(=O)O)cc1. The van der Waals surface area contributed by atoms with Crippen LogP contribution in [0.2, 0.25) is 0 Å². The smallest absolute Gasteiger partial charge is 0.293 e. The Morgan fingerprint density at radius 1 is 0.795 bits per heavy atom. The van der Waals surface area contributed by atoms with Gasteiger partial charge in [-0.25, -0.2) is 9.18 Å². The minimum Gasteiger partial charge on any atom is -0.293 e. The number of fused-ring (bicyclic) bond motifs is 4. The maximum atomic E-state index is 13.8. The molecule has 0 amide bonds. The van der Waals surface area contributed by atoms with Crippen LogP contribution < -0.4 is 5.69 Å². The van der Waals surface area contributed by atoms with Crippen LogP contribution in [0.1, 0.15) is 11.1 Å². The van der Waals surface area contributed by atoms with Crippen LogP contribution >= 0.6 is 0 Å². The van der Waals surface area contributed by atoms with Gasteiger partial charge in [-0.1, -0.05) is 42.0 Å². The molecule has 3 aromatic heterocycles. The summed E-state index contributed by atoms with van der Waals surface area (Å²) < 4.78 is 46.6. The zero-order valence-electron chi connectivity index (χ0n) is 24.1. The molecule has 0 saturated heterocycles. The van der Waals surface area contributed by atoms with Gasteiger partial charge >= 0.3 is 5.69 Å². The van der Waals surface area contributed by atoms with Crippen molar-refractivity contribution in [2.45, 2.75) is 18.7 Å². The molecule has 220 valence electrons. The number of nitrogens with zero attached hydrogens (tertiary/aromatic N) is 4. The van der Waals surface area contributed by atoms with Crippen molar-refractivity contribution in [2.24, 2.45) is 7.05 Å². The molecule has 10 heteroatoms. The van der Waals surface area contributed by atoms with E-state index < -0.39 is 10.1 Å². The molecule has 0 fully saturated rings. The van der Waals surface area contributed by atoms with Crippen molar-refractivity contribution in [1.29, 1.82) is 0 Å². The van der Waals surface area contributed by atoms with Crippen molar-refractivity contribution in [3.63, 3.8) is 0 Å². The van der Waals surface area contributed by atoms with Gasteiger partial charge in [0.2, 0.25) is 0 Å². The van der Waals surface area contributed by atoms with Gasteiger partial charge < -0.3 is 0 Å². The molecule has 0 bridgehead atoms. The van der Waals surface area contributed by atoms with Crippen LogP contribution in [0.15, 0.2) is 113 Å². The Morgan fingerprint density at radius 3 is 2.25 bits per heavy atom. The fourth-order valence-corrected chi connectivity index (χ4v) is 5.69. The second kappa shape index (κ2) is 11.1. The van der Waals surface area contributed by atoms with E-state index in [0.29, 0.717) is 16.8 Å². The highest BCUT2D eigenvalue weighted by Crippen LogP contribution is 2.31. The zero-order valence-corrected chi connectivity index (χ0v) is 24.9. The van der Waals surface area contributed by atoms with Gasteiger partial charge in [-0.3, -0.25) is 23.7 Å². The summed E-state index contributed by atoms with van der Waals surface area (Å²) in [6.07, 6.45) is 3.57. The van der Waals surface area contributed by atoms with E-state index in [9.17, 15) is 17.6 Å². The largest absolute Gasteiger partial charge is 0.333 e. The average molecular weight is 607 g/mol. The molecule has 8 nitrogen and oxygen atoms in total. The van der Waals surface area contributed by atoms with Crippen molar-refractivity contribution in [2.75, 3.05) is 0 Å². The van der Waals surface area contributed by atoms with E-state index in [1.165, 1.54) is 24.3 Å². The second-order valence-electron chi connectivity index (χ2n) is 10.5. The Balaban J connectivity index is 0.000000265. The third kappa shape index (κ3) is 5.36. The van der Waals surface area contributed by atoms with Gasteiger partial charge in [-0.2, -0.15) is 8.42 Å². The van der Waals surface area contributed by atoms with Gasteiger partial charge in [0, 0.05) is 29.6 Å². The predicted octanol–water partition coefficient (Wildman–Crippen LogP) is 6.78. The number of para-hydroxylation sites is 1. The second-order valence-corrected chi connectivity index (χ2v) is 12.0. The van der Waals surface area contributed by atoms with Gasteiger partial charge in [0.1, 0.15) is 5.82 Å². The summed E-state index contributed by atoms with van der Waals surface area (Å²) in [7, 11) is -2.29. The number of aromatic nitrogens is 4. The lowest BCUT2D eigenvalue weighted by atomic mass is 10.0. The lowest BCUT2D eigenvalue weighted by Crippen LogP contribution is -2.21. The Kier molecular flexibility index (Phi) is 7.32. The van der Waals surface area contributed by atoms with Gasteiger partial charge in [0.15, 0.2) is 0 Å². The van der Waals surface area contributed by atoms with E-state index in [1.54, 1.807) is 47.5 Å². The van der Waals surface area contributed by atoms with E-state index >= 15 is 0 Å². The molecule has 1 N–H and O–H groups in total. The summed E-state index contributed by atoms with van der Waals surface area (Å²) in [4.78, 5) is 22.4. The molecule has 0 aliphatic heterocycles. The van der Waals surface area contributed by atoms with Crippen molar-refractivity contribution >= 4 is 43.0 Å². The van der Waals surface area contributed by atoms with Crippen molar-refractivity contribution in [1.82, 2.24) is 19.1 Å². The molecule has 0 radical (unpaired) electrons. The van der Waals surface area contributed by atoms with Crippen LogP contribution in [0.25, 0.3) is 49.7 Å². The summed E-state index contributed by atoms with van der Waals surface area (Å²) >= 11 is 0.